The third-order valence-corrected chi connectivity index (χ3v) is 7.14. The van der Waals surface area contributed by atoms with Gasteiger partial charge < -0.3 is 20.5 Å². The Labute approximate surface area is 224 Å². The highest BCUT2D eigenvalue weighted by molar-refractivity contribution is 5.85. The number of carbonyl (C=O) groups is 1. The molecule has 0 aliphatic heterocycles. The van der Waals surface area contributed by atoms with E-state index in [-0.39, 0.29) is 11.9 Å². The lowest BCUT2D eigenvalue weighted by Crippen LogP contribution is -2.43. The van der Waals surface area contributed by atoms with Gasteiger partial charge >= 0.3 is 0 Å². The Bertz CT molecular complexity index is 1250. The van der Waals surface area contributed by atoms with E-state index in [0.717, 1.165) is 36.3 Å². The minimum Gasteiger partial charge on any atom is -0.358 e. The van der Waals surface area contributed by atoms with Crippen LogP contribution in [-0.2, 0) is 4.79 Å². The zero-order valence-corrected chi connectivity index (χ0v) is 21.8. The van der Waals surface area contributed by atoms with Gasteiger partial charge in [-0.1, -0.05) is 68.5 Å². The number of amides is 1. The minimum atomic E-state index is -0.454. The molecule has 0 radical (unpaired) electrons. The zero-order chi connectivity index (χ0) is 26.2. The van der Waals surface area contributed by atoms with Gasteiger partial charge in [0, 0.05) is 31.7 Å². The third kappa shape index (κ3) is 6.37. The Morgan fingerprint density at radius 3 is 2.45 bits per heavy atom. The number of rotatable bonds is 10. The molecule has 196 valence electrons. The zero-order valence-electron chi connectivity index (χ0n) is 21.8. The first-order chi connectivity index (χ1) is 18.7. The van der Waals surface area contributed by atoms with E-state index < -0.39 is 6.04 Å². The van der Waals surface area contributed by atoms with Crippen molar-refractivity contribution in [3.8, 4) is 5.82 Å². The van der Waals surface area contributed by atoms with Crippen molar-refractivity contribution in [3.05, 3.63) is 96.6 Å². The van der Waals surface area contributed by atoms with Gasteiger partial charge in [0.1, 0.15) is 17.7 Å². The molecule has 4 aromatic rings. The summed E-state index contributed by atoms with van der Waals surface area (Å²) >= 11 is 0. The van der Waals surface area contributed by atoms with Crippen LogP contribution in [0.4, 0.5) is 11.8 Å². The molecule has 0 spiro atoms. The quantitative estimate of drug-likeness (QED) is 0.266. The van der Waals surface area contributed by atoms with E-state index in [1.807, 2.05) is 83.7 Å². The Hall–Kier alpha value is -4.20. The SMILES string of the molecule is CNc1nc(NC(CC2CCCCC2)C(=O)NC(c2ccccc2)c2ccccn2)cc(-n2cccc2)n1. The van der Waals surface area contributed by atoms with Crippen molar-refractivity contribution in [2.75, 3.05) is 17.7 Å². The topological polar surface area (TPSA) is 96.8 Å². The Kier molecular flexibility index (Phi) is 8.28. The van der Waals surface area contributed by atoms with Crippen molar-refractivity contribution in [2.24, 2.45) is 5.92 Å². The van der Waals surface area contributed by atoms with Crippen molar-refractivity contribution < 1.29 is 4.79 Å². The number of nitrogens with zero attached hydrogens (tertiary/aromatic N) is 4. The van der Waals surface area contributed by atoms with Gasteiger partial charge in [0.15, 0.2) is 0 Å². The largest absolute Gasteiger partial charge is 0.358 e. The summed E-state index contributed by atoms with van der Waals surface area (Å²) in [5.74, 6) is 2.25. The summed E-state index contributed by atoms with van der Waals surface area (Å²) in [7, 11) is 1.79. The first-order valence-electron chi connectivity index (χ1n) is 13.4. The van der Waals surface area contributed by atoms with Crippen molar-refractivity contribution >= 4 is 17.7 Å². The van der Waals surface area contributed by atoms with Crippen LogP contribution >= 0.6 is 0 Å². The molecule has 1 amide bonds. The van der Waals surface area contributed by atoms with Gasteiger partial charge in [-0.2, -0.15) is 9.97 Å². The maximum atomic E-state index is 14.0. The molecular formula is C30H35N7O. The lowest BCUT2D eigenvalue weighted by atomic mass is 9.84. The number of nitrogens with one attached hydrogen (secondary N) is 3. The number of pyridine rings is 1. The summed E-state index contributed by atoms with van der Waals surface area (Å²) in [6.07, 6.45) is 12.4. The number of benzene rings is 1. The highest BCUT2D eigenvalue weighted by Gasteiger charge is 2.28. The van der Waals surface area contributed by atoms with E-state index in [0.29, 0.717) is 17.7 Å². The van der Waals surface area contributed by atoms with Crippen LogP contribution in [0.5, 0.6) is 0 Å². The van der Waals surface area contributed by atoms with E-state index in [1.54, 1.807) is 13.2 Å². The maximum absolute atomic E-state index is 14.0. The number of carbonyl (C=O) groups excluding carboxylic acids is 1. The fourth-order valence-corrected chi connectivity index (χ4v) is 5.17. The summed E-state index contributed by atoms with van der Waals surface area (Å²) in [5, 5.41) is 9.82. The average molecular weight is 510 g/mol. The molecular weight excluding hydrogens is 474 g/mol. The van der Waals surface area contributed by atoms with E-state index in [9.17, 15) is 4.79 Å². The Morgan fingerprint density at radius 2 is 1.74 bits per heavy atom. The molecule has 2 unspecified atom stereocenters. The van der Waals surface area contributed by atoms with Crippen LogP contribution in [0.2, 0.25) is 0 Å². The molecule has 2 atom stereocenters. The number of aromatic nitrogens is 4. The van der Waals surface area contributed by atoms with Crippen LogP contribution in [-0.4, -0.2) is 38.5 Å². The Balaban J connectivity index is 1.44. The summed E-state index contributed by atoms with van der Waals surface area (Å²) in [5.41, 5.74) is 1.79. The predicted molar refractivity (Wildman–Crippen MR) is 150 cm³/mol. The van der Waals surface area contributed by atoms with Gasteiger partial charge in [0.2, 0.25) is 11.9 Å². The van der Waals surface area contributed by atoms with Gasteiger partial charge in [-0.15, -0.1) is 0 Å². The summed E-state index contributed by atoms with van der Waals surface area (Å²) in [6, 6.07) is 20.8. The molecule has 8 nitrogen and oxygen atoms in total. The fourth-order valence-electron chi connectivity index (χ4n) is 5.17. The summed E-state index contributed by atoms with van der Waals surface area (Å²) < 4.78 is 1.93. The lowest BCUT2D eigenvalue weighted by molar-refractivity contribution is -0.122. The Morgan fingerprint density at radius 1 is 0.974 bits per heavy atom. The number of hydrogen-bond acceptors (Lipinski definition) is 6. The molecule has 1 aliphatic rings. The van der Waals surface area contributed by atoms with E-state index in [2.05, 4.69) is 30.9 Å². The predicted octanol–water partition coefficient (Wildman–Crippen LogP) is 5.36. The number of anilines is 2. The highest BCUT2D eigenvalue weighted by atomic mass is 16.2. The molecule has 1 aliphatic carbocycles. The second kappa shape index (κ2) is 12.4. The molecule has 8 heteroatoms. The van der Waals surface area contributed by atoms with Gasteiger partial charge in [0.25, 0.3) is 0 Å². The third-order valence-electron chi connectivity index (χ3n) is 7.14. The highest BCUT2D eigenvalue weighted by Crippen LogP contribution is 2.29. The lowest BCUT2D eigenvalue weighted by Gasteiger charge is -2.29. The normalized spacial score (nSPS) is 15.4. The molecule has 5 rings (SSSR count). The van der Waals surface area contributed by atoms with Crippen LogP contribution in [0.25, 0.3) is 5.82 Å². The minimum absolute atomic E-state index is 0.0674. The second-order valence-corrected chi connectivity index (χ2v) is 9.82. The fraction of sp³-hybridized carbons (Fsp3) is 0.333. The molecule has 1 aromatic carbocycles. The molecule has 0 bridgehead atoms. The smallest absolute Gasteiger partial charge is 0.243 e. The van der Waals surface area contributed by atoms with E-state index in [4.69, 9.17) is 0 Å². The monoisotopic (exact) mass is 509 g/mol. The van der Waals surface area contributed by atoms with Crippen LogP contribution in [0.1, 0.15) is 55.8 Å². The molecule has 0 saturated heterocycles. The van der Waals surface area contributed by atoms with E-state index >= 15 is 0 Å². The molecule has 3 heterocycles. The first kappa shape index (κ1) is 25.4. The second-order valence-electron chi connectivity index (χ2n) is 9.82. The summed E-state index contributed by atoms with van der Waals surface area (Å²) in [4.78, 5) is 27.8. The summed E-state index contributed by atoms with van der Waals surface area (Å²) in [6.45, 7) is 0. The maximum Gasteiger partial charge on any atom is 0.243 e. The van der Waals surface area contributed by atoms with E-state index in [1.165, 1.54) is 19.3 Å². The van der Waals surface area contributed by atoms with Crippen molar-refractivity contribution in [2.45, 2.75) is 50.6 Å². The van der Waals surface area contributed by atoms with Crippen LogP contribution in [0.3, 0.4) is 0 Å². The van der Waals surface area contributed by atoms with Crippen molar-refractivity contribution in [1.82, 2.24) is 24.8 Å². The van der Waals surface area contributed by atoms with Crippen LogP contribution in [0, 0.1) is 5.92 Å². The number of hydrogen-bond donors (Lipinski definition) is 3. The molecule has 38 heavy (non-hydrogen) atoms. The molecule has 1 saturated carbocycles. The molecule has 3 aromatic heterocycles. The molecule has 3 N–H and O–H groups in total. The van der Waals surface area contributed by atoms with Gasteiger partial charge in [0.05, 0.1) is 11.7 Å². The first-order valence-corrected chi connectivity index (χ1v) is 13.4. The van der Waals surface area contributed by atoms with Crippen molar-refractivity contribution in [3.63, 3.8) is 0 Å². The van der Waals surface area contributed by atoms with Gasteiger partial charge in [-0.05, 0) is 42.2 Å². The van der Waals surface area contributed by atoms with Gasteiger partial charge in [-0.25, -0.2) is 0 Å². The average Bonchev–Trinajstić information content (AvgIpc) is 3.52. The molecule has 1 fully saturated rings. The van der Waals surface area contributed by atoms with Crippen LogP contribution < -0.4 is 16.0 Å². The standard InChI is InChI=1S/C30H35N7O/c1-31-30-34-26(21-27(35-30)37-18-10-11-19-37)33-25(20-22-12-4-2-5-13-22)29(38)36-28(23-14-6-3-7-15-23)24-16-8-9-17-32-24/h3,6-11,14-19,21-22,25,28H,2,4-5,12-13,20H2,1H3,(H,36,38)(H2,31,33,34,35). The van der Waals surface area contributed by atoms with Crippen LogP contribution in [0.15, 0.2) is 85.3 Å². The van der Waals surface area contributed by atoms with Gasteiger partial charge in [-0.3, -0.25) is 9.78 Å². The van der Waals surface area contributed by atoms with Crippen molar-refractivity contribution in [1.29, 1.82) is 0 Å².